The minimum atomic E-state index is -0.759. The molecule has 2 nitrogen and oxygen atoms in total. The van der Waals surface area contributed by atoms with Crippen molar-refractivity contribution in [1.29, 1.82) is 0 Å². The molecule has 0 radical (unpaired) electrons. The van der Waals surface area contributed by atoms with Crippen LogP contribution >= 0.6 is 7.92 Å². The molecule has 0 amide bonds. The van der Waals surface area contributed by atoms with Gasteiger partial charge in [0.15, 0.2) is 0 Å². The number of hydrogen-bond acceptors (Lipinski definition) is 2. The van der Waals surface area contributed by atoms with E-state index in [0.717, 1.165) is 37.2 Å². The summed E-state index contributed by atoms with van der Waals surface area (Å²) in [7, 11) is -0.759. The van der Waals surface area contributed by atoms with Crippen molar-refractivity contribution in [3.05, 3.63) is 114 Å². The first kappa shape index (κ1) is 23.1. The molecule has 1 saturated carbocycles. The lowest BCUT2D eigenvalue weighted by Gasteiger charge is -2.51. The van der Waals surface area contributed by atoms with E-state index in [1.807, 2.05) is 0 Å². The normalized spacial score (nSPS) is 23.9. The van der Waals surface area contributed by atoms with Crippen LogP contribution in [0.1, 0.15) is 42.4 Å². The van der Waals surface area contributed by atoms with Gasteiger partial charge in [0, 0.05) is 17.1 Å². The Hall–Kier alpha value is -3.09. The van der Waals surface area contributed by atoms with Crippen LogP contribution in [0.2, 0.25) is 0 Å². The lowest BCUT2D eigenvalue weighted by atomic mass is 9.75. The summed E-state index contributed by atoms with van der Waals surface area (Å²) in [5, 5.41) is 4.01. The zero-order chi connectivity index (χ0) is 24.8. The number of hydrogen-bond donors (Lipinski definition) is 0. The van der Waals surface area contributed by atoms with Gasteiger partial charge in [-0.2, -0.15) is 0 Å². The molecule has 0 saturated heterocycles. The van der Waals surface area contributed by atoms with E-state index in [1.54, 1.807) is 0 Å². The maximum Gasteiger partial charge on any atom is 0.257 e. The quantitative estimate of drug-likeness (QED) is 0.285. The summed E-state index contributed by atoms with van der Waals surface area (Å²) in [5.74, 6) is 2.28. The van der Waals surface area contributed by atoms with Gasteiger partial charge in [-0.3, -0.25) is 0 Å². The number of ether oxygens (including phenoxy) is 2. The monoisotopic (exact) mass is 504 g/mol. The van der Waals surface area contributed by atoms with E-state index >= 15 is 0 Å². The average molecular weight is 505 g/mol. The summed E-state index contributed by atoms with van der Waals surface area (Å²) in [5.41, 5.74) is 3.90. The molecule has 186 valence electrons. The number of rotatable bonds is 3. The van der Waals surface area contributed by atoms with Gasteiger partial charge < -0.3 is 9.47 Å². The van der Waals surface area contributed by atoms with Gasteiger partial charge in [-0.25, -0.2) is 0 Å². The zero-order valence-electron chi connectivity index (χ0n) is 21.4. The van der Waals surface area contributed by atoms with Crippen LogP contribution in [0.25, 0.3) is 0 Å². The Kier molecular flexibility index (Phi) is 5.82. The fourth-order valence-corrected chi connectivity index (χ4v) is 9.26. The van der Waals surface area contributed by atoms with E-state index in [1.165, 1.54) is 45.4 Å². The van der Waals surface area contributed by atoms with Crippen molar-refractivity contribution in [2.75, 3.05) is 0 Å². The SMILES string of the molecule is Cc1cccc2c1O[C@]13Oc4c(cccc4P(c4ccccc4)c4ccccc4)C[C@H]1CCCC[C@@H]3C2. The van der Waals surface area contributed by atoms with Gasteiger partial charge in [-0.05, 0) is 67.8 Å². The van der Waals surface area contributed by atoms with Crippen molar-refractivity contribution in [3.8, 4) is 11.5 Å². The number of benzene rings is 4. The molecule has 0 N–H and O–H groups in total. The highest BCUT2D eigenvalue weighted by atomic mass is 31.1. The standard InChI is InChI=1S/C34H33O2P/c1-24-12-10-13-25-22-27-15-8-9-16-28-23-26-14-11-21-31(33(26)36-34(27,28)35-32(24)25)37(29-17-4-2-5-18-29)30-19-6-3-7-20-30/h2-7,10-14,17-21,27-28H,8-9,15-16,22-23H2,1H3/t27-,28-,34-/m1/s1. The molecule has 2 aliphatic heterocycles. The first-order valence-corrected chi connectivity index (χ1v) is 15.1. The molecule has 0 aromatic heterocycles. The van der Waals surface area contributed by atoms with Crippen LogP contribution in [0, 0.1) is 18.8 Å². The maximum atomic E-state index is 7.37. The van der Waals surface area contributed by atoms with Crippen molar-refractivity contribution in [3.63, 3.8) is 0 Å². The minimum absolute atomic E-state index is 0.371. The Morgan fingerprint density at radius 3 is 1.78 bits per heavy atom. The van der Waals surface area contributed by atoms with Crippen LogP contribution in [0.3, 0.4) is 0 Å². The number of aryl methyl sites for hydroxylation is 1. The van der Waals surface area contributed by atoms with Gasteiger partial charge in [-0.1, -0.05) is 110 Å². The topological polar surface area (TPSA) is 18.5 Å². The molecule has 1 fully saturated rings. The number of para-hydroxylation sites is 2. The first-order valence-electron chi connectivity index (χ1n) is 13.7. The van der Waals surface area contributed by atoms with Crippen molar-refractivity contribution >= 4 is 23.8 Å². The predicted octanol–water partition coefficient (Wildman–Crippen LogP) is 6.83. The summed E-state index contributed by atoms with van der Waals surface area (Å²) in [4.78, 5) is 0. The second-order valence-electron chi connectivity index (χ2n) is 10.8. The highest BCUT2D eigenvalue weighted by Crippen LogP contribution is 2.53. The van der Waals surface area contributed by atoms with Crippen LogP contribution in [0.4, 0.5) is 0 Å². The largest absolute Gasteiger partial charge is 0.451 e. The highest BCUT2D eigenvalue weighted by molar-refractivity contribution is 7.80. The van der Waals surface area contributed by atoms with Crippen molar-refractivity contribution in [2.24, 2.45) is 11.8 Å². The predicted molar refractivity (Wildman–Crippen MR) is 153 cm³/mol. The maximum absolute atomic E-state index is 7.37. The average Bonchev–Trinajstić information content (AvgIpc) is 3.11. The van der Waals surface area contributed by atoms with Gasteiger partial charge in [0.1, 0.15) is 11.5 Å². The summed E-state index contributed by atoms with van der Waals surface area (Å²) in [6.07, 6.45) is 6.88. The minimum Gasteiger partial charge on any atom is -0.451 e. The molecule has 3 atom stereocenters. The Labute approximate surface area is 221 Å². The molecule has 7 rings (SSSR count). The van der Waals surface area contributed by atoms with E-state index in [0.29, 0.717) is 11.8 Å². The van der Waals surface area contributed by atoms with Crippen molar-refractivity contribution in [1.82, 2.24) is 0 Å². The Morgan fingerprint density at radius 2 is 1.16 bits per heavy atom. The third kappa shape index (κ3) is 3.89. The molecule has 2 heterocycles. The van der Waals surface area contributed by atoms with E-state index < -0.39 is 13.7 Å². The van der Waals surface area contributed by atoms with Gasteiger partial charge in [0.05, 0.1) is 0 Å². The van der Waals surface area contributed by atoms with E-state index in [-0.39, 0.29) is 0 Å². The summed E-state index contributed by atoms with van der Waals surface area (Å²) >= 11 is 0. The Balaban J connectivity index is 1.40. The summed E-state index contributed by atoms with van der Waals surface area (Å²) in [6.45, 7) is 2.17. The first-order chi connectivity index (χ1) is 18.2. The summed E-state index contributed by atoms with van der Waals surface area (Å²) < 4.78 is 14.5. The van der Waals surface area contributed by atoms with Crippen molar-refractivity contribution < 1.29 is 9.47 Å². The lowest BCUT2D eigenvalue weighted by Crippen LogP contribution is -2.60. The molecule has 0 unspecified atom stereocenters. The van der Waals surface area contributed by atoms with Crippen LogP contribution in [0.5, 0.6) is 11.5 Å². The lowest BCUT2D eigenvalue weighted by molar-refractivity contribution is -0.209. The summed E-state index contributed by atoms with van der Waals surface area (Å²) in [6, 6.07) is 35.4. The van der Waals surface area contributed by atoms with E-state index in [4.69, 9.17) is 9.47 Å². The van der Waals surface area contributed by atoms with Gasteiger partial charge in [0.2, 0.25) is 0 Å². The zero-order valence-corrected chi connectivity index (χ0v) is 22.3. The fraction of sp³-hybridized carbons (Fsp3) is 0.294. The third-order valence-electron chi connectivity index (χ3n) is 8.59. The highest BCUT2D eigenvalue weighted by Gasteiger charge is 2.56. The van der Waals surface area contributed by atoms with Crippen LogP contribution < -0.4 is 25.4 Å². The molecule has 4 aromatic carbocycles. The fourth-order valence-electron chi connectivity index (χ4n) is 6.84. The molecule has 0 bridgehead atoms. The molecule has 37 heavy (non-hydrogen) atoms. The third-order valence-corrected chi connectivity index (χ3v) is 11.1. The second kappa shape index (κ2) is 9.34. The van der Waals surface area contributed by atoms with E-state index in [9.17, 15) is 0 Å². The number of fused-ring (bicyclic) bond motifs is 2. The smallest absolute Gasteiger partial charge is 0.257 e. The van der Waals surface area contributed by atoms with Gasteiger partial charge >= 0.3 is 0 Å². The Morgan fingerprint density at radius 1 is 0.622 bits per heavy atom. The van der Waals surface area contributed by atoms with Crippen LogP contribution in [-0.4, -0.2) is 5.79 Å². The van der Waals surface area contributed by atoms with E-state index in [2.05, 4.69) is 104 Å². The molecule has 1 aliphatic carbocycles. The van der Waals surface area contributed by atoms with Gasteiger partial charge in [-0.15, -0.1) is 0 Å². The second-order valence-corrected chi connectivity index (χ2v) is 13.0. The molecular weight excluding hydrogens is 471 g/mol. The Bertz CT molecular complexity index is 1380. The van der Waals surface area contributed by atoms with Crippen molar-refractivity contribution in [2.45, 2.75) is 51.2 Å². The van der Waals surface area contributed by atoms with Crippen LogP contribution in [0.15, 0.2) is 97.1 Å². The van der Waals surface area contributed by atoms with Crippen LogP contribution in [-0.2, 0) is 12.8 Å². The molecule has 1 spiro atoms. The molecule has 3 heteroatoms. The van der Waals surface area contributed by atoms with Gasteiger partial charge in [0.25, 0.3) is 5.79 Å². The molecular formula is C34H33O2P. The molecule has 3 aliphatic rings. The molecule has 4 aromatic rings.